The molecule has 1 saturated carbocycles. The molecule has 1 aromatic carbocycles. The van der Waals surface area contributed by atoms with Crippen molar-refractivity contribution in [3.05, 3.63) is 35.6 Å². The molecule has 0 bridgehead atoms. The fourth-order valence-electron chi connectivity index (χ4n) is 3.07. The van der Waals surface area contributed by atoms with Crippen molar-refractivity contribution >= 4 is 41.7 Å². The highest BCUT2D eigenvalue weighted by Gasteiger charge is 2.38. The molecular weight excluding hydrogens is 412 g/mol. The predicted octanol–water partition coefficient (Wildman–Crippen LogP) is 3.23. The van der Waals surface area contributed by atoms with Gasteiger partial charge >= 0.3 is 0 Å². The van der Waals surface area contributed by atoms with Gasteiger partial charge in [0.1, 0.15) is 5.82 Å². The first kappa shape index (κ1) is 17.8. The molecular formula is C16H23FIN3S. The lowest BCUT2D eigenvalue weighted by molar-refractivity contribution is 0.252. The molecule has 6 heteroatoms. The van der Waals surface area contributed by atoms with Gasteiger partial charge in [0.05, 0.1) is 6.54 Å². The Hall–Kier alpha value is -0.500. The zero-order valence-corrected chi connectivity index (χ0v) is 15.8. The number of thioether (sulfide) groups is 1. The van der Waals surface area contributed by atoms with E-state index in [-0.39, 0.29) is 35.2 Å². The number of nitrogens with zero attached hydrogens (tertiary/aromatic N) is 2. The van der Waals surface area contributed by atoms with E-state index in [1.807, 2.05) is 23.9 Å². The zero-order valence-electron chi connectivity index (χ0n) is 12.6. The van der Waals surface area contributed by atoms with Gasteiger partial charge in [-0.05, 0) is 30.5 Å². The summed E-state index contributed by atoms with van der Waals surface area (Å²) in [6, 6.07) is 6.89. The van der Waals surface area contributed by atoms with Gasteiger partial charge in [-0.15, -0.1) is 24.0 Å². The lowest BCUT2D eigenvalue weighted by Crippen LogP contribution is -2.44. The monoisotopic (exact) mass is 435 g/mol. The molecule has 2 N–H and O–H groups in total. The predicted molar refractivity (Wildman–Crippen MR) is 103 cm³/mol. The van der Waals surface area contributed by atoms with Gasteiger partial charge in [-0.2, -0.15) is 11.8 Å². The van der Waals surface area contributed by atoms with Crippen molar-refractivity contribution in [2.24, 2.45) is 10.7 Å². The standard InChI is InChI=1S/C16H22FN3S.HI/c17-14-4-2-13(3-5-14)16(6-1-7-16)12-19-15(18)20-8-10-21-11-9-20;/h2-5H,1,6-12H2,(H2,18,19);1H. The summed E-state index contributed by atoms with van der Waals surface area (Å²) in [6.07, 6.45) is 3.45. The van der Waals surface area contributed by atoms with Crippen LogP contribution in [0, 0.1) is 5.82 Å². The number of halogens is 2. The first-order chi connectivity index (χ1) is 10.2. The van der Waals surface area contributed by atoms with Crippen LogP contribution in [-0.4, -0.2) is 42.0 Å². The minimum atomic E-state index is -0.179. The second-order valence-corrected chi connectivity index (χ2v) is 7.14. The number of benzene rings is 1. The molecule has 2 fully saturated rings. The smallest absolute Gasteiger partial charge is 0.191 e. The van der Waals surface area contributed by atoms with Gasteiger partial charge in [-0.25, -0.2) is 4.39 Å². The van der Waals surface area contributed by atoms with Crippen molar-refractivity contribution in [2.45, 2.75) is 24.7 Å². The highest BCUT2D eigenvalue weighted by molar-refractivity contribution is 14.0. The molecule has 0 unspecified atom stereocenters. The molecule has 0 radical (unpaired) electrons. The molecule has 0 aromatic heterocycles. The molecule has 1 aromatic rings. The molecule has 0 spiro atoms. The number of rotatable bonds is 3. The lowest BCUT2D eigenvalue weighted by Gasteiger charge is -2.41. The quantitative estimate of drug-likeness (QED) is 0.451. The van der Waals surface area contributed by atoms with E-state index in [0.29, 0.717) is 12.5 Å². The second-order valence-electron chi connectivity index (χ2n) is 5.91. The minimum absolute atomic E-state index is 0. The van der Waals surface area contributed by atoms with E-state index in [4.69, 9.17) is 5.73 Å². The van der Waals surface area contributed by atoms with E-state index < -0.39 is 0 Å². The summed E-state index contributed by atoms with van der Waals surface area (Å²) in [7, 11) is 0. The summed E-state index contributed by atoms with van der Waals surface area (Å²) in [5, 5.41) is 0. The second kappa shape index (κ2) is 7.86. The third kappa shape index (κ3) is 3.88. The van der Waals surface area contributed by atoms with Crippen molar-refractivity contribution in [2.75, 3.05) is 31.1 Å². The fourth-order valence-corrected chi connectivity index (χ4v) is 3.97. The van der Waals surface area contributed by atoms with E-state index >= 15 is 0 Å². The van der Waals surface area contributed by atoms with Crippen LogP contribution in [-0.2, 0) is 5.41 Å². The average Bonchev–Trinajstić information content (AvgIpc) is 2.48. The third-order valence-electron chi connectivity index (χ3n) is 4.65. The van der Waals surface area contributed by atoms with E-state index in [0.717, 1.165) is 37.4 Å². The van der Waals surface area contributed by atoms with Crippen molar-refractivity contribution in [3.8, 4) is 0 Å². The van der Waals surface area contributed by atoms with E-state index in [1.54, 1.807) is 12.1 Å². The van der Waals surface area contributed by atoms with Crippen LogP contribution in [0.2, 0.25) is 0 Å². The van der Waals surface area contributed by atoms with E-state index in [1.165, 1.54) is 12.0 Å². The number of hydrogen-bond donors (Lipinski definition) is 1. The summed E-state index contributed by atoms with van der Waals surface area (Å²) >= 11 is 1.97. The number of guanidine groups is 1. The van der Waals surface area contributed by atoms with Gasteiger partial charge < -0.3 is 10.6 Å². The zero-order chi connectivity index (χ0) is 14.7. The number of aliphatic imine (C=N–C) groups is 1. The van der Waals surface area contributed by atoms with Crippen molar-refractivity contribution in [1.29, 1.82) is 0 Å². The summed E-state index contributed by atoms with van der Waals surface area (Å²) < 4.78 is 13.1. The maximum atomic E-state index is 13.1. The van der Waals surface area contributed by atoms with Crippen LogP contribution in [0.3, 0.4) is 0 Å². The Labute approximate surface area is 152 Å². The van der Waals surface area contributed by atoms with Gasteiger partial charge in [-0.3, -0.25) is 4.99 Å². The third-order valence-corrected chi connectivity index (χ3v) is 5.59. The molecule has 2 aliphatic rings. The first-order valence-electron chi connectivity index (χ1n) is 7.58. The molecule has 1 aliphatic heterocycles. The summed E-state index contributed by atoms with van der Waals surface area (Å²) in [5.74, 6) is 2.74. The van der Waals surface area contributed by atoms with E-state index in [2.05, 4.69) is 9.89 Å². The Bertz CT molecular complexity index is 511. The number of hydrogen-bond acceptors (Lipinski definition) is 2. The molecule has 0 amide bonds. The highest BCUT2D eigenvalue weighted by Crippen LogP contribution is 2.44. The van der Waals surface area contributed by atoms with Gasteiger partial charge in [0, 0.05) is 30.0 Å². The maximum absolute atomic E-state index is 13.1. The lowest BCUT2D eigenvalue weighted by atomic mass is 9.64. The average molecular weight is 435 g/mol. The Morgan fingerprint density at radius 2 is 1.86 bits per heavy atom. The molecule has 3 rings (SSSR count). The summed E-state index contributed by atoms with van der Waals surface area (Å²) in [5.41, 5.74) is 7.41. The molecule has 1 saturated heterocycles. The van der Waals surface area contributed by atoms with Crippen LogP contribution in [0.4, 0.5) is 4.39 Å². The topological polar surface area (TPSA) is 41.6 Å². The van der Waals surface area contributed by atoms with Crippen LogP contribution in [0.15, 0.2) is 29.3 Å². The maximum Gasteiger partial charge on any atom is 0.191 e. The molecule has 122 valence electrons. The largest absolute Gasteiger partial charge is 0.370 e. The van der Waals surface area contributed by atoms with Gasteiger partial charge in [0.15, 0.2) is 5.96 Å². The van der Waals surface area contributed by atoms with E-state index in [9.17, 15) is 4.39 Å². The molecule has 3 nitrogen and oxygen atoms in total. The van der Waals surface area contributed by atoms with Crippen LogP contribution in [0.25, 0.3) is 0 Å². The van der Waals surface area contributed by atoms with Crippen molar-refractivity contribution < 1.29 is 4.39 Å². The Balaban J connectivity index is 0.00000176. The molecule has 1 heterocycles. The van der Waals surface area contributed by atoms with Crippen LogP contribution in [0.5, 0.6) is 0 Å². The van der Waals surface area contributed by atoms with Crippen molar-refractivity contribution in [1.82, 2.24) is 4.90 Å². The fraction of sp³-hybridized carbons (Fsp3) is 0.562. The highest BCUT2D eigenvalue weighted by atomic mass is 127. The molecule has 1 aliphatic carbocycles. The normalized spacial score (nSPS) is 21.0. The Morgan fingerprint density at radius 3 is 2.41 bits per heavy atom. The summed E-state index contributed by atoms with van der Waals surface area (Å²) in [6.45, 7) is 2.70. The minimum Gasteiger partial charge on any atom is -0.370 e. The van der Waals surface area contributed by atoms with Crippen LogP contribution >= 0.6 is 35.7 Å². The Morgan fingerprint density at radius 1 is 1.23 bits per heavy atom. The molecule has 0 atom stereocenters. The van der Waals surface area contributed by atoms with Crippen LogP contribution < -0.4 is 5.73 Å². The van der Waals surface area contributed by atoms with Crippen LogP contribution in [0.1, 0.15) is 24.8 Å². The Kier molecular flexibility index (Phi) is 6.37. The first-order valence-corrected chi connectivity index (χ1v) is 8.74. The van der Waals surface area contributed by atoms with Gasteiger partial charge in [0.2, 0.25) is 0 Å². The van der Waals surface area contributed by atoms with Gasteiger partial charge in [0.25, 0.3) is 0 Å². The van der Waals surface area contributed by atoms with Crippen molar-refractivity contribution in [3.63, 3.8) is 0 Å². The van der Waals surface area contributed by atoms with Gasteiger partial charge in [-0.1, -0.05) is 18.6 Å². The SMILES string of the molecule is I.NC(=NCC1(c2ccc(F)cc2)CCC1)N1CCSCC1. The molecule has 22 heavy (non-hydrogen) atoms. The number of nitrogens with two attached hydrogens (primary N) is 1. The summed E-state index contributed by atoms with van der Waals surface area (Å²) in [4.78, 5) is 6.83.